The number of carbonyl (C=O) groups is 2. The summed E-state index contributed by atoms with van der Waals surface area (Å²) in [6, 6.07) is 4.53. The number of aliphatic hydroxyl groups is 2. The Morgan fingerprint density at radius 3 is 2.70 bits per heavy atom. The number of anilines is 1. The van der Waals surface area contributed by atoms with Crippen molar-refractivity contribution < 1.29 is 29.3 Å². The third kappa shape index (κ3) is 5.29. The van der Waals surface area contributed by atoms with Gasteiger partial charge in [0.2, 0.25) is 25.9 Å². The van der Waals surface area contributed by atoms with Gasteiger partial charge in [-0.05, 0) is 17.7 Å². The first-order valence-corrected chi connectivity index (χ1v) is 5.70. The summed E-state index contributed by atoms with van der Waals surface area (Å²) in [5, 5.41) is 20.5. The van der Waals surface area contributed by atoms with Gasteiger partial charge in [-0.15, -0.1) is 0 Å². The van der Waals surface area contributed by atoms with E-state index in [1.165, 1.54) is 19.1 Å². The maximum Gasteiger partial charge on any atom is 0.236 e. The van der Waals surface area contributed by atoms with Crippen molar-refractivity contribution in [3.63, 3.8) is 0 Å². The molecule has 1 aromatic carbocycles. The smallest absolute Gasteiger partial charge is 0.236 e. The second-order valence-corrected chi connectivity index (χ2v) is 3.87. The van der Waals surface area contributed by atoms with Crippen LogP contribution in [0.3, 0.4) is 0 Å². The molecule has 0 aliphatic carbocycles. The van der Waals surface area contributed by atoms with Gasteiger partial charge in [-0.2, -0.15) is 0 Å². The van der Waals surface area contributed by atoms with Gasteiger partial charge in [0.05, 0.1) is 5.69 Å². The maximum absolute atomic E-state index is 11.1. The largest absolute Gasteiger partial charge is 0.470 e. The number of ether oxygens (including phenoxy) is 2. The minimum absolute atomic E-state index is 0.0647. The van der Waals surface area contributed by atoms with E-state index in [2.05, 4.69) is 10.1 Å². The highest BCUT2D eigenvalue weighted by Gasteiger charge is 2.11. The third-order valence-electron chi connectivity index (χ3n) is 2.15. The van der Waals surface area contributed by atoms with Gasteiger partial charge < -0.3 is 25.0 Å². The van der Waals surface area contributed by atoms with Gasteiger partial charge in [0.25, 0.3) is 0 Å². The van der Waals surface area contributed by atoms with Gasteiger partial charge in [-0.1, -0.05) is 6.07 Å². The number of hydrogen-bond acceptors (Lipinski definition) is 6. The summed E-state index contributed by atoms with van der Waals surface area (Å²) in [5.41, 5.74) is 0.842. The Morgan fingerprint density at radius 2 is 2.15 bits per heavy atom. The zero-order valence-corrected chi connectivity index (χ0v) is 10.8. The number of benzene rings is 1. The van der Waals surface area contributed by atoms with E-state index in [4.69, 9.17) is 17.7 Å². The fourth-order valence-electron chi connectivity index (χ4n) is 1.40. The van der Waals surface area contributed by atoms with Crippen LogP contribution in [0.15, 0.2) is 18.2 Å². The number of amides is 1. The van der Waals surface area contributed by atoms with Crippen molar-refractivity contribution >= 4 is 25.3 Å². The Kier molecular flexibility index (Phi) is 6.01. The van der Waals surface area contributed by atoms with Gasteiger partial charge in [-0.25, -0.2) is 0 Å². The predicted octanol–water partition coefficient (Wildman–Crippen LogP) is 0.140. The van der Waals surface area contributed by atoms with E-state index in [-0.39, 0.29) is 24.0 Å². The molecular weight excluding hydrogens is 265 g/mol. The first-order chi connectivity index (χ1) is 9.42. The standard InChI is InChI=1S/C12H14BNO6/c1-7(16)14-9-4-8(6-19-12(13)18)2-3-10(9)20-11(17)5-15/h2-4,11,15,17H,5-6H2,1H3,(H,14,16)/t11-/m1/s1. The van der Waals surface area contributed by atoms with Crippen LogP contribution in [0, 0.1) is 0 Å². The molecule has 0 unspecified atom stereocenters. The first kappa shape index (κ1) is 16.0. The molecule has 0 fully saturated rings. The van der Waals surface area contributed by atoms with Gasteiger partial charge in [-0.3, -0.25) is 9.59 Å². The van der Waals surface area contributed by atoms with E-state index < -0.39 is 18.8 Å². The molecule has 1 rings (SSSR count). The lowest BCUT2D eigenvalue weighted by Gasteiger charge is -2.16. The summed E-state index contributed by atoms with van der Waals surface area (Å²) in [6.07, 6.45) is -1.41. The molecule has 106 valence electrons. The molecule has 7 nitrogen and oxygen atoms in total. The molecule has 1 atom stereocenters. The quantitative estimate of drug-likeness (QED) is 0.505. The SMILES string of the molecule is [B]C(=O)OCc1ccc(O[C@@H](O)CO)c(NC(C)=O)c1. The van der Waals surface area contributed by atoms with Crippen LogP contribution in [0.4, 0.5) is 10.5 Å². The molecule has 0 spiro atoms. The lowest BCUT2D eigenvalue weighted by Crippen LogP contribution is -2.21. The summed E-state index contributed by atoms with van der Waals surface area (Å²) in [7, 11) is 4.86. The molecular formula is C12H14BNO6. The normalized spacial score (nSPS) is 11.6. The zero-order chi connectivity index (χ0) is 15.1. The monoisotopic (exact) mass is 279 g/mol. The first-order valence-electron chi connectivity index (χ1n) is 5.70. The maximum atomic E-state index is 11.1. The lowest BCUT2D eigenvalue weighted by atomic mass is 10.1. The Bertz CT molecular complexity index is 493. The number of nitrogens with one attached hydrogen (secondary N) is 1. The van der Waals surface area contributed by atoms with Crippen molar-refractivity contribution in [2.45, 2.75) is 19.8 Å². The van der Waals surface area contributed by atoms with Crippen LogP contribution in [-0.2, 0) is 16.1 Å². The van der Waals surface area contributed by atoms with Crippen LogP contribution in [0.5, 0.6) is 5.75 Å². The summed E-state index contributed by atoms with van der Waals surface area (Å²) in [5.74, 6) is -1.09. The summed E-state index contributed by atoms with van der Waals surface area (Å²) in [4.78, 5) is 21.6. The number of hydrogen-bond donors (Lipinski definition) is 3. The zero-order valence-electron chi connectivity index (χ0n) is 10.8. The molecule has 1 amide bonds. The average molecular weight is 279 g/mol. The molecule has 0 bridgehead atoms. The van der Waals surface area contributed by atoms with Crippen molar-refractivity contribution in [3.05, 3.63) is 23.8 Å². The molecule has 3 N–H and O–H groups in total. The summed E-state index contributed by atoms with van der Waals surface area (Å²) in [6.45, 7) is 0.648. The number of aliphatic hydroxyl groups excluding tert-OH is 2. The van der Waals surface area contributed by atoms with Crippen molar-refractivity contribution in [2.24, 2.45) is 0 Å². The Balaban J connectivity index is 2.93. The van der Waals surface area contributed by atoms with E-state index in [0.29, 0.717) is 5.56 Å². The summed E-state index contributed by atoms with van der Waals surface area (Å²) >= 11 is 0. The van der Waals surface area contributed by atoms with E-state index in [9.17, 15) is 14.7 Å². The van der Waals surface area contributed by atoms with E-state index in [1.807, 2.05) is 0 Å². The van der Waals surface area contributed by atoms with Gasteiger partial charge in [0.15, 0.2) is 0 Å². The molecule has 8 heteroatoms. The molecule has 2 radical (unpaired) electrons. The van der Waals surface area contributed by atoms with E-state index >= 15 is 0 Å². The highest BCUT2D eigenvalue weighted by molar-refractivity contribution is 6.55. The Hall–Kier alpha value is -2.06. The highest BCUT2D eigenvalue weighted by atomic mass is 16.6. The molecule has 0 aromatic heterocycles. The highest BCUT2D eigenvalue weighted by Crippen LogP contribution is 2.27. The number of carbonyl (C=O) groups excluding carboxylic acids is 2. The van der Waals surface area contributed by atoms with Crippen molar-refractivity contribution in [3.8, 4) is 5.75 Å². The molecule has 0 saturated heterocycles. The van der Waals surface area contributed by atoms with Crippen LogP contribution >= 0.6 is 0 Å². The van der Waals surface area contributed by atoms with Crippen LogP contribution in [0.1, 0.15) is 12.5 Å². The number of rotatable bonds is 6. The lowest BCUT2D eigenvalue weighted by molar-refractivity contribution is -0.114. The molecule has 0 heterocycles. The summed E-state index contributed by atoms with van der Waals surface area (Å²) < 4.78 is 9.66. The van der Waals surface area contributed by atoms with Gasteiger partial charge in [0.1, 0.15) is 19.0 Å². The molecule has 0 aliphatic heterocycles. The molecule has 0 saturated carbocycles. The third-order valence-corrected chi connectivity index (χ3v) is 2.15. The topological polar surface area (TPSA) is 105 Å². The van der Waals surface area contributed by atoms with Crippen molar-refractivity contribution in [1.82, 2.24) is 0 Å². The van der Waals surface area contributed by atoms with E-state index in [0.717, 1.165) is 0 Å². The Labute approximate surface area is 116 Å². The molecule has 20 heavy (non-hydrogen) atoms. The minimum Gasteiger partial charge on any atom is -0.470 e. The molecule has 1 aromatic rings. The van der Waals surface area contributed by atoms with Crippen molar-refractivity contribution in [2.75, 3.05) is 11.9 Å². The second-order valence-electron chi connectivity index (χ2n) is 3.87. The minimum atomic E-state index is -1.41. The van der Waals surface area contributed by atoms with Crippen LogP contribution in [-0.4, -0.2) is 42.7 Å². The fourth-order valence-corrected chi connectivity index (χ4v) is 1.40. The average Bonchev–Trinajstić information content (AvgIpc) is 2.38. The van der Waals surface area contributed by atoms with Crippen LogP contribution in [0.2, 0.25) is 0 Å². The van der Waals surface area contributed by atoms with Gasteiger partial charge in [0, 0.05) is 6.92 Å². The molecule has 0 aliphatic rings. The van der Waals surface area contributed by atoms with Crippen molar-refractivity contribution in [1.29, 1.82) is 0 Å². The second kappa shape index (κ2) is 7.51. The Morgan fingerprint density at radius 1 is 1.45 bits per heavy atom. The van der Waals surface area contributed by atoms with Crippen LogP contribution in [0.25, 0.3) is 0 Å². The van der Waals surface area contributed by atoms with E-state index in [1.54, 1.807) is 6.07 Å². The fraction of sp³-hybridized carbons (Fsp3) is 0.333. The predicted molar refractivity (Wildman–Crippen MR) is 70.4 cm³/mol. The van der Waals surface area contributed by atoms with Gasteiger partial charge >= 0.3 is 0 Å². The van der Waals surface area contributed by atoms with Crippen LogP contribution < -0.4 is 10.1 Å².